The molecule has 13 nitrogen and oxygen atoms in total. The molecular weight excluding hydrogens is 626 g/mol. The maximum Gasteiger partial charge on any atom is 0.407 e. The Hall–Kier alpha value is -3.78. The minimum Gasteiger partial charge on any atom is -0.450 e. The Morgan fingerprint density at radius 2 is 1.87 bits per heavy atom. The lowest BCUT2D eigenvalue weighted by Gasteiger charge is -2.42. The van der Waals surface area contributed by atoms with Crippen LogP contribution >= 0.6 is 0 Å². The standard InChI is InChI=1S/C33H47N5O8S/c1-5-22-17-18-33(22,30(42)37-47(44,45)25-15-16-25)36-28(40)26-14-10-19-38(26)29(41)27(32(2,3)4)35-31(43)46-20-8-6-7-11-23-12-9-13-24(21-39)34-23/h5,9,12-13,17-18,22,25-27,39H,1,6-8,10-11,14-16,19-21H2,2-4H3,(H,35,43)(H,36,40)(H,37,42)/p+1/t22-,26+,27-,33-/m1/s1. The highest BCUT2D eigenvalue weighted by Crippen LogP contribution is 2.35. The van der Waals surface area contributed by atoms with Gasteiger partial charge in [-0.05, 0) is 68.9 Å². The maximum absolute atomic E-state index is 13.9. The van der Waals surface area contributed by atoms with E-state index in [1.54, 1.807) is 26.8 Å². The van der Waals surface area contributed by atoms with Crippen LogP contribution < -0.4 is 15.4 Å². The van der Waals surface area contributed by atoms with Crippen molar-refractivity contribution in [3.8, 4) is 0 Å². The van der Waals surface area contributed by atoms with Crippen molar-refractivity contribution in [1.82, 2.24) is 25.2 Å². The SMILES string of the molecule is C=C[C@@H]1C=C[C@]1(NC(=O)[C@@H]1CCCN1C(=O)[C@@H](NC(=O)OCCCCCc1cccc(C[OH2+])n1)C(C)(C)C)C(=O)NS(=O)(=O)C1CC1. The number of hydrogen-bond donors (Lipinski definition) is 3. The fourth-order valence-electron chi connectivity index (χ4n) is 5.83. The molecule has 2 heterocycles. The number of aryl methyl sites for hydroxylation is 1. The van der Waals surface area contributed by atoms with E-state index in [1.807, 2.05) is 18.2 Å². The maximum atomic E-state index is 13.9. The van der Waals surface area contributed by atoms with Crippen LogP contribution in [0.2, 0.25) is 0 Å². The number of hydrogen-bond acceptors (Lipinski definition) is 8. The van der Waals surface area contributed by atoms with Crippen LogP contribution in [0, 0.1) is 11.3 Å². The second kappa shape index (κ2) is 15.0. The molecule has 0 spiro atoms. The van der Waals surface area contributed by atoms with Crippen molar-refractivity contribution in [1.29, 1.82) is 0 Å². The van der Waals surface area contributed by atoms with Crippen LogP contribution in [0.1, 0.15) is 77.1 Å². The molecule has 0 unspecified atom stereocenters. The van der Waals surface area contributed by atoms with Gasteiger partial charge in [0.05, 0.1) is 11.9 Å². The number of nitrogens with one attached hydrogen (secondary N) is 3. The Morgan fingerprint density at radius 3 is 2.49 bits per heavy atom. The molecule has 1 aliphatic heterocycles. The molecule has 4 rings (SSSR count). The van der Waals surface area contributed by atoms with E-state index in [-0.39, 0.29) is 19.8 Å². The van der Waals surface area contributed by atoms with Crippen LogP contribution in [-0.4, -0.2) is 83.2 Å². The van der Waals surface area contributed by atoms with Crippen molar-refractivity contribution >= 4 is 33.8 Å². The highest BCUT2D eigenvalue weighted by atomic mass is 32.2. The summed E-state index contributed by atoms with van der Waals surface area (Å²) in [4.78, 5) is 59.4. The van der Waals surface area contributed by atoms with Gasteiger partial charge < -0.3 is 25.4 Å². The lowest BCUT2D eigenvalue weighted by atomic mass is 9.73. The highest BCUT2D eigenvalue weighted by molar-refractivity contribution is 7.91. The van der Waals surface area contributed by atoms with Crippen molar-refractivity contribution in [3.05, 3.63) is 54.4 Å². The third kappa shape index (κ3) is 8.78. The molecule has 2 fully saturated rings. The van der Waals surface area contributed by atoms with Crippen LogP contribution in [-0.2, 0) is 42.2 Å². The number of ether oxygens (including phenoxy) is 1. The fourth-order valence-corrected chi connectivity index (χ4v) is 7.18. The summed E-state index contributed by atoms with van der Waals surface area (Å²) < 4.78 is 32.5. The van der Waals surface area contributed by atoms with Crippen LogP contribution in [0.25, 0.3) is 0 Å². The second-order valence-corrected chi connectivity index (χ2v) is 15.5. The largest absolute Gasteiger partial charge is 0.450 e. The van der Waals surface area contributed by atoms with Gasteiger partial charge in [0.15, 0.2) is 6.61 Å². The minimum atomic E-state index is -3.87. The lowest BCUT2D eigenvalue weighted by molar-refractivity contribution is -0.143. The molecule has 1 saturated carbocycles. The van der Waals surface area contributed by atoms with Gasteiger partial charge in [-0.15, -0.1) is 6.58 Å². The van der Waals surface area contributed by atoms with Crippen molar-refractivity contribution in [2.45, 2.75) is 102 Å². The van der Waals surface area contributed by atoms with E-state index < -0.39 is 68.0 Å². The van der Waals surface area contributed by atoms with Gasteiger partial charge in [-0.25, -0.2) is 18.2 Å². The third-order valence-electron chi connectivity index (χ3n) is 8.82. The molecular formula is C33H48N5O8S+. The lowest BCUT2D eigenvalue weighted by Crippen LogP contribution is -2.67. The van der Waals surface area contributed by atoms with Gasteiger partial charge in [-0.1, -0.05) is 45.1 Å². The zero-order chi connectivity index (χ0) is 34.4. The summed E-state index contributed by atoms with van der Waals surface area (Å²) in [7, 11) is -3.87. The topological polar surface area (TPSA) is 187 Å². The quantitative estimate of drug-likeness (QED) is 0.143. The fraction of sp³-hybridized carbons (Fsp3) is 0.606. The molecule has 2 aliphatic carbocycles. The first-order valence-corrected chi connectivity index (χ1v) is 17.8. The average molecular weight is 675 g/mol. The van der Waals surface area contributed by atoms with Crippen molar-refractivity contribution in [3.63, 3.8) is 0 Å². The summed E-state index contributed by atoms with van der Waals surface area (Å²) in [5, 5.41) is 12.3. The zero-order valence-corrected chi connectivity index (χ0v) is 28.2. The molecule has 0 aromatic carbocycles. The molecule has 4 amide bonds. The Kier molecular flexibility index (Phi) is 11.5. The number of alkyl carbamates (subject to hydrolysis) is 1. The molecule has 0 bridgehead atoms. The van der Waals surface area contributed by atoms with Crippen LogP contribution in [0.15, 0.2) is 43.0 Å². The van der Waals surface area contributed by atoms with Crippen molar-refractivity contribution in [2.75, 3.05) is 13.2 Å². The molecule has 47 heavy (non-hydrogen) atoms. The van der Waals surface area contributed by atoms with Crippen LogP contribution in [0.5, 0.6) is 0 Å². The molecule has 1 aromatic heterocycles. The molecule has 5 N–H and O–H groups in total. The van der Waals surface area contributed by atoms with Gasteiger partial charge in [0.2, 0.25) is 21.8 Å². The summed E-state index contributed by atoms with van der Waals surface area (Å²) in [6, 6.07) is 3.73. The van der Waals surface area contributed by atoms with E-state index in [2.05, 4.69) is 26.9 Å². The zero-order valence-electron chi connectivity index (χ0n) is 27.4. The van der Waals surface area contributed by atoms with Gasteiger partial charge in [-0.3, -0.25) is 19.1 Å². The number of aromatic nitrogens is 1. The second-order valence-electron chi connectivity index (χ2n) is 13.5. The van der Waals surface area contributed by atoms with Gasteiger partial charge in [-0.2, -0.15) is 0 Å². The van der Waals surface area contributed by atoms with E-state index >= 15 is 0 Å². The molecule has 258 valence electrons. The number of sulfonamides is 1. The number of nitrogens with zero attached hydrogens (tertiary/aromatic N) is 2. The Morgan fingerprint density at radius 1 is 1.15 bits per heavy atom. The van der Waals surface area contributed by atoms with E-state index in [0.717, 1.165) is 30.7 Å². The van der Waals surface area contributed by atoms with Gasteiger partial charge in [0.25, 0.3) is 5.91 Å². The predicted molar refractivity (Wildman–Crippen MR) is 175 cm³/mol. The first-order chi connectivity index (χ1) is 22.2. The number of carbonyl (C=O) groups excluding carboxylic acids is 4. The van der Waals surface area contributed by atoms with Crippen molar-refractivity contribution in [2.24, 2.45) is 11.3 Å². The third-order valence-corrected chi connectivity index (χ3v) is 10.6. The predicted octanol–water partition coefficient (Wildman–Crippen LogP) is 1.99. The number of unbranched alkanes of at least 4 members (excludes halogenated alkanes) is 2. The van der Waals surface area contributed by atoms with Crippen LogP contribution in [0.3, 0.4) is 0 Å². The van der Waals surface area contributed by atoms with E-state index in [0.29, 0.717) is 32.1 Å². The number of pyridine rings is 1. The monoisotopic (exact) mass is 674 g/mol. The summed E-state index contributed by atoms with van der Waals surface area (Å²) in [6.45, 7) is 9.72. The summed E-state index contributed by atoms with van der Waals surface area (Å²) >= 11 is 0. The molecule has 14 heteroatoms. The van der Waals surface area contributed by atoms with Gasteiger partial charge in [0, 0.05) is 18.2 Å². The van der Waals surface area contributed by atoms with E-state index in [9.17, 15) is 27.6 Å². The minimum absolute atomic E-state index is 0.141. The highest BCUT2D eigenvalue weighted by Gasteiger charge is 2.52. The summed E-state index contributed by atoms with van der Waals surface area (Å²) in [5.41, 5.74) is -0.704. The average Bonchev–Trinajstić information content (AvgIpc) is 3.76. The number of carbonyl (C=O) groups is 4. The van der Waals surface area contributed by atoms with E-state index in [1.165, 1.54) is 17.1 Å². The molecule has 1 aromatic rings. The Bertz CT molecular complexity index is 1490. The molecule has 1 saturated heterocycles. The summed E-state index contributed by atoms with van der Waals surface area (Å²) in [5.74, 6) is -2.55. The first-order valence-electron chi connectivity index (χ1n) is 16.2. The molecule has 3 aliphatic rings. The normalized spacial score (nSPS) is 22.9. The summed E-state index contributed by atoms with van der Waals surface area (Å²) in [6.07, 6.45) is 8.68. The number of likely N-dealkylation sites (tertiary alicyclic amines) is 1. The number of amides is 4. The van der Waals surface area contributed by atoms with Gasteiger partial charge >= 0.3 is 6.09 Å². The molecule has 4 atom stereocenters. The first kappa shape index (κ1) is 36.1. The van der Waals surface area contributed by atoms with E-state index in [4.69, 9.17) is 9.84 Å². The van der Waals surface area contributed by atoms with Crippen molar-refractivity contribution < 1.29 is 37.4 Å². The Balaban J connectivity index is 1.32. The number of rotatable bonds is 15. The smallest absolute Gasteiger partial charge is 0.407 e. The Labute approximate surface area is 276 Å². The van der Waals surface area contributed by atoms with Crippen LogP contribution in [0.4, 0.5) is 4.79 Å². The molecule has 0 radical (unpaired) electrons. The van der Waals surface area contributed by atoms with Gasteiger partial charge in [0.1, 0.15) is 23.3 Å².